The first-order valence-corrected chi connectivity index (χ1v) is 7.03. The summed E-state index contributed by atoms with van der Waals surface area (Å²) in [4.78, 5) is 34.2. The maximum absolute atomic E-state index is 12.0. The van der Waals surface area contributed by atoms with Gasteiger partial charge in [-0.15, -0.1) is 0 Å². The summed E-state index contributed by atoms with van der Waals surface area (Å²) in [5.41, 5.74) is 1.29. The average Bonchev–Trinajstić information content (AvgIpc) is 2.52. The van der Waals surface area contributed by atoms with E-state index in [1.807, 2.05) is 0 Å². The highest BCUT2D eigenvalue weighted by Gasteiger charge is 2.21. The number of carboxylic acid groups (broad SMARTS) is 1. The lowest BCUT2D eigenvalue weighted by Gasteiger charge is -2.27. The second-order valence-corrected chi connectivity index (χ2v) is 5.14. The van der Waals surface area contributed by atoms with Gasteiger partial charge in [0.25, 0.3) is 5.69 Å². The van der Waals surface area contributed by atoms with Crippen LogP contribution >= 0.6 is 0 Å². The number of likely N-dealkylation sites (tertiary alicyclic amines) is 1. The molecule has 0 aromatic heterocycles. The minimum absolute atomic E-state index is 0.00526. The third-order valence-electron chi connectivity index (χ3n) is 3.42. The number of piperidine rings is 1. The van der Waals surface area contributed by atoms with Gasteiger partial charge < -0.3 is 14.7 Å². The van der Waals surface area contributed by atoms with Crippen LogP contribution in [-0.4, -0.2) is 40.1 Å². The number of nitro benzene ring substituents is 1. The molecule has 0 atom stereocenters. The zero-order valence-corrected chi connectivity index (χ0v) is 12.3. The fourth-order valence-electron chi connectivity index (χ4n) is 2.30. The molecule has 1 amide bonds. The van der Waals surface area contributed by atoms with Gasteiger partial charge in [-0.25, -0.2) is 9.59 Å². The van der Waals surface area contributed by atoms with Crippen LogP contribution in [-0.2, 0) is 16.1 Å². The van der Waals surface area contributed by atoms with Crippen LogP contribution in [0.1, 0.15) is 18.4 Å². The molecule has 0 spiro atoms. The van der Waals surface area contributed by atoms with Crippen LogP contribution in [0.4, 0.5) is 10.5 Å². The van der Waals surface area contributed by atoms with Crippen LogP contribution in [0.3, 0.4) is 0 Å². The Bertz CT molecular complexity index is 638. The molecule has 0 radical (unpaired) electrons. The number of carboxylic acids is 1. The number of carbonyl (C=O) groups excluding carboxylic acids is 1. The molecule has 1 aromatic rings. The minimum atomic E-state index is -1.03. The van der Waals surface area contributed by atoms with Gasteiger partial charge >= 0.3 is 12.1 Å². The third kappa shape index (κ3) is 4.80. The highest BCUT2D eigenvalue weighted by atomic mass is 16.6. The fourth-order valence-corrected chi connectivity index (χ4v) is 2.30. The maximum atomic E-state index is 12.0. The lowest BCUT2D eigenvalue weighted by Crippen LogP contribution is -2.37. The molecule has 1 aromatic carbocycles. The van der Waals surface area contributed by atoms with Gasteiger partial charge in [-0.2, -0.15) is 0 Å². The van der Waals surface area contributed by atoms with Crippen molar-refractivity contribution in [3.05, 3.63) is 51.6 Å². The van der Waals surface area contributed by atoms with E-state index in [0.717, 1.165) is 6.08 Å². The Labute approximate surface area is 132 Å². The Hall–Kier alpha value is -2.90. The molecule has 0 unspecified atom stereocenters. The summed E-state index contributed by atoms with van der Waals surface area (Å²) < 4.78 is 5.16. The Balaban J connectivity index is 1.89. The SMILES string of the molecule is O=C(O)C=C1CCCN(C(=O)OCc2ccc([N+](=O)[O-])cc2)C1. The summed E-state index contributed by atoms with van der Waals surface area (Å²) in [5.74, 6) is -1.03. The first-order valence-electron chi connectivity index (χ1n) is 7.03. The van der Waals surface area contributed by atoms with E-state index in [4.69, 9.17) is 9.84 Å². The summed E-state index contributed by atoms with van der Waals surface area (Å²) >= 11 is 0. The second kappa shape index (κ2) is 7.39. The van der Waals surface area contributed by atoms with Crippen molar-refractivity contribution in [1.29, 1.82) is 0 Å². The van der Waals surface area contributed by atoms with Crippen LogP contribution in [0.5, 0.6) is 0 Å². The Morgan fingerprint density at radius 1 is 1.35 bits per heavy atom. The van der Waals surface area contributed by atoms with Crippen LogP contribution in [0.15, 0.2) is 35.9 Å². The smallest absolute Gasteiger partial charge is 0.410 e. The molecule has 1 aliphatic rings. The van der Waals surface area contributed by atoms with E-state index in [9.17, 15) is 19.7 Å². The van der Waals surface area contributed by atoms with Crippen molar-refractivity contribution < 1.29 is 24.4 Å². The molecule has 23 heavy (non-hydrogen) atoms. The van der Waals surface area contributed by atoms with Gasteiger partial charge in [0.15, 0.2) is 0 Å². The van der Waals surface area contributed by atoms with Crippen LogP contribution in [0.2, 0.25) is 0 Å². The van der Waals surface area contributed by atoms with E-state index in [1.54, 1.807) is 0 Å². The number of aliphatic carboxylic acids is 1. The fraction of sp³-hybridized carbons (Fsp3) is 0.333. The number of hydrogen-bond acceptors (Lipinski definition) is 5. The van der Waals surface area contributed by atoms with Gasteiger partial charge in [-0.1, -0.05) is 0 Å². The van der Waals surface area contributed by atoms with Crippen molar-refractivity contribution >= 4 is 17.7 Å². The summed E-state index contributed by atoms with van der Waals surface area (Å²) in [6.45, 7) is 0.757. The molecule has 0 saturated carbocycles. The summed E-state index contributed by atoms with van der Waals surface area (Å²) in [6, 6.07) is 5.74. The molecule has 8 heteroatoms. The number of nitrogens with zero attached hydrogens (tertiary/aromatic N) is 2. The lowest BCUT2D eigenvalue weighted by molar-refractivity contribution is -0.384. The highest BCUT2D eigenvalue weighted by Crippen LogP contribution is 2.17. The van der Waals surface area contributed by atoms with Gasteiger partial charge in [0, 0.05) is 31.3 Å². The number of hydrogen-bond donors (Lipinski definition) is 1. The van der Waals surface area contributed by atoms with Gasteiger partial charge in [0.1, 0.15) is 6.61 Å². The number of non-ortho nitro benzene ring substituents is 1. The van der Waals surface area contributed by atoms with E-state index < -0.39 is 17.0 Å². The summed E-state index contributed by atoms with van der Waals surface area (Å²) in [7, 11) is 0. The maximum Gasteiger partial charge on any atom is 0.410 e. The zero-order chi connectivity index (χ0) is 16.8. The van der Waals surface area contributed by atoms with Crippen LogP contribution < -0.4 is 0 Å². The van der Waals surface area contributed by atoms with Gasteiger partial charge in [-0.3, -0.25) is 10.1 Å². The molecule has 8 nitrogen and oxygen atoms in total. The number of nitro groups is 1. The lowest BCUT2D eigenvalue weighted by atomic mass is 10.1. The molecule has 0 bridgehead atoms. The largest absolute Gasteiger partial charge is 0.478 e. The van der Waals surface area contributed by atoms with E-state index in [1.165, 1.54) is 29.2 Å². The molecule has 1 saturated heterocycles. The molecule has 1 heterocycles. The van der Waals surface area contributed by atoms with Crippen molar-refractivity contribution in [2.75, 3.05) is 13.1 Å². The van der Waals surface area contributed by atoms with Crippen molar-refractivity contribution in [3.8, 4) is 0 Å². The normalized spacial score (nSPS) is 16.2. The highest BCUT2D eigenvalue weighted by molar-refractivity contribution is 5.81. The number of rotatable bonds is 4. The molecular weight excluding hydrogens is 304 g/mol. The van der Waals surface area contributed by atoms with E-state index in [2.05, 4.69) is 0 Å². The monoisotopic (exact) mass is 320 g/mol. The van der Waals surface area contributed by atoms with Crippen molar-refractivity contribution in [1.82, 2.24) is 4.90 Å². The molecule has 1 N–H and O–H groups in total. The van der Waals surface area contributed by atoms with Gasteiger partial charge in [-0.05, 0) is 36.1 Å². The zero-order valence-electron chi connectivity index (χ0n) is 12.3. The van der Waals surface area contributed by atoms with Gasteiger partial charge in [0.2, 0.25) is 0 Å². The first kappa shape index (κ1) is 16.5. The number of amides is 1. The Morgan fingerprint density at radius 2 is 2.04 bits per heavy atom. The van der Waals surface area contributed by atoms with Gasteiger partial charge in [0.05, 0.1) is 4.92 Å². The molecule has 2 rings (SSSR count). The topological polar surface area (TPSA) is 110 Å². The van der Waals surface area contributed by atoms with E-state index in [0.29, 0.717) is 30.5 Å². The van der Waals surface area contributed by atoms with E-state index >= 15 is 0 Å². The Morgan fingerprint density at radius 3 is 2.65 bits per heavy atom. The molecule has 122 valence electrons. The molecular formula is C15H16N2O6. The molecule has 1 aliphatic heterocycles. The number of benzene rings is 1. The summed E-state index contributed by atoms with van der Waals surface area (Å²) in [5, 5.41) is 19.3. The van der Waals surface area contributed by atoms with Crippen LogP contribution in [0.25, 0.3) is 0 Å². The summed E-state index contributed by atoms with van der Waals surface area (Å²) in [6.07, 6.45) is 1.93. The average molecular weight is 320 g/mol. The first-order chi connectivity index (χ1) is 11.0. The predicted molar refractivity (Wildman–Crippen MR) is 79.8 cm³/mol. The minimum Gasteiger partial charge on any atom is -0.478 e. The van der Waals surface area contributed by atoms with Crippen molar-refractivity contribution in [2.45, 2.75) is 19.4 Å². The van der Waals surface area contributed by atoms with Crippen molar-refractivity contribution in [3.63, 3.8) is 0 Å². The number of carbonyl (C=O) groups is 2. The second-order valence-electron chi connectivity index (χ2n) is 5.14. The Kier molecular flexibility index (Phi) is 5.29. The van der Waals surface area contributed by atoms with Crippen LogP contribution in [0, 0.1) is 10.1 Å². The quantitative estimate of drug-likeness (QED) is 0.518. The molecule has 0 aliphatic carbocycles. The third-order valence-corrected chi connectivity index (χ3v) is 3.42. The van der Waals surface area contributed by atoms with Crippen molar-refractivity contribution in [2.24, 2.45) is 0 Å². The standard InChI is InChI=1S/C15H16N2O6/c18-14(19)8-12-2-1-7-16(9-12)15(20)23-10-11-3-5-13(6-4-11)17(21)22/h3-6,8H,1-2,7,9-10H2,(H,18,19). The van der Waals surface area contributed by atoms with E-state index in [-0.39, 0.29) is 18.8 Å². The predicted octanol–water partition coefficient (Wildman–Crippen LogP) is 2.34. The number of ether oxygens (including phenoxy) is 1. The molecule has 1 fully saturated rings.